The van der Waals surface area contributed by atoms with Crippen molar-refractivity contribution < 1.29 is 4.74 Å². The van der Waals surface area contributed by atoms with Gasteiger partial charge in [0.1, 0.15) is 6.07 Å². The number of thiol groups is 1. The molecule has 0 aromatic carbocycles. The quantitative estimate of drug-likeness (QED) is 0.654. The van der Waals surface area contributed by atoms with Gasteiger partial charge in [0.2, 0.25) is 0 Å². The molecule has 2 rings (SSSR count). The number of nitrogens with zero attached hydrogens (tertiary/aromatic N) is 3. The van der Waals surface area contributed by atoms with Gasteiger partial charge in [0.05, 0.1) is 5.04 Å². The zero-order chi connectivity index (χ0) is 12.8. The molecule has 1 aliphatic rings. The summed E-state index contributed by atoms with van der Waals surface area (Å²) in [6.07, 6.45) is 3.64. The molecule has 18 heavy (non-hydrogen) atoms. The molecular weight excluding hydrogens is 246 g/mol. The zero-order valence-electron chi connectivity index (χ0n) is 10.5. The minimum atomic E-state index is -0.437. The molecule has 0 saturated heterocycles. The van der Waals surface area contributed by atoms with Crippen molar-refractivity contribution in [1.82, 2.24) is 4.98 Å². The van der Waals surface area contributed by atoms with Gasteiger partial charge in [-0.15, -0.1) is 0 Å². The summed E-state index contributed by atoms with van der Waals surface area (Å²) in [5, 5.41) is 10.4. The van der Waals surface area contributed by atoms with Crippen LogP contribution in [0.5, 0.6) is 0 Å². The van der Waals surface area contributed by atoms with Crippen LogP contribution >= 0.6 is 10.9 Å². The van der Waals surface area contributed by atoms with Crippen LogP contribution in [0.1, 0.15) is 18.5 Å². The number of nitriles is 1. The Morgan fingerprint density at radius 3 is 3.22 bits per heavy atom. The highest BCUT2D eigenvalue weighted by molar-refractivity contribution is 8.30. The summed E-state index contributed by atoms with van der Waals surface area (Å²) in [6.45, 7) is 1.65. The molecule has 1 aromatic heterocycles. The first-order valence-corrected chi connectivity index (χ1v) is 7.54. The Hall–Kier alpha value is -1.38. The van der Waals surface area contributed by atoms with Gasteiger partial charge >= 0.3 is 0 Å². The fourth-order valence-electron chi connectivity index (χ4n) is 2.04. The van der Waals surface area contributed by atoms with Crippen LogP contribution in [0.4, 0.5) is 0 Å². The van der Waals surface area contributed by atoms with Crippen LogP contribution in [0.15, 0.2) is 28.2 Å². The van der Waals surface area contributed by atoms with Crippen LogP contribution in [0.2, 0.25) is 0 Å². The maximum Gasteiger partial charge on any atom is 0.152 e. The van der Waals surface area contributed by atoms with Crippen molar-refractivity contribution in [2.45, 2.75) is 17.7 Å². The summed E-state index contributed by atoms with van der Waals surface area (Å²) in [5.41, 5.74) is 0.560. The third-order valence-corrected chi connectivity index (χ3v) is 5.44. The van der Waals surface area contributed by atoms with Gasteiger partial charge in [0.25, 0.3) is 0 Å². The number of hydrogen-bond donors (Lipinski definition) is 1. The number of aliphatic imine (C=N–C) groups is 1. The van der Waals surface area contributed by atoms with E-state index in [1.807, 2.05) is 12.1 Å². The molecule has 0 fully saturated rings. The van der Waals surface area contributed by atoms with Gasteiger partial charge in [-0.3, -0.25) is 4.99 Å². The average molecular weight is 263 g/mol. The molecule has 0 N–H and O–H groups in total. The number of methoxy groups -OCH3 is 1. The third kappa shape index (κ3) is 2.89. The van der Waals surface area contributed by atoms with Gasteiger partial charge in [-0.1, -0.05) is 0 Å². The molecule has 2 heterocycles. The van der Waals surface area contributed by atoms with Crippen LogP contribution in [0.3, 0.4) is 0 Å². The minimum absolute atomic E-state index is 0.437. The molecule has 4 nitrogen and oxygen atoms in total. The number of hydrogen-bond acceptors (Lipinski definition) is 4. The first kappa shape index (κ1) is 13.1. The Labute approximate surface area is 110 Å². The van der Waals surface area contributed by atoms with E-state index in [0.29, 0.717) is 5.69 Å². The molecule has 1 atom stereocenters. The van der Waals surface area contributed by atoms with E-state index in [-0.39, 0.29) is 0 Å². The number of aromatic nitrogens is 1. The molecule has 1 aliphatic heterocycles. The largest absolute Gasteiger partial charge is 0.385 e. The SMILES string of the molecule is COCCCC1=NCC[SH]1c1cccnc1C#N. The summed E-state index contributed by atoms with van der Waals surface area (Å²) in [4.78, 5) is 9.83. The summed E-state index contributed by atoms with van der Waals surface area (Å²) < 4.78 is 5.07. The highest BCUT2D eigenvalue weighted by Gasteiger charge is 2.21. The van der Waals surface area contributed by atoms with Crippen LogP contribution in [-0.4, -0.2) is 36.0 Å². The van der Waals surface area contributed by atoms with Crippen LogP contribution in [0, 0.1) is 11.3 Å². The summed E-state index contributed by atoms with van der Waals surface area (Å²) >= 11 is 0. The molecule has 0 spiro atoms. The molecule has 96 valence electrons. The minimum Gasteiger partial charge on any atom is -0.385 e. The lowest BCUT2D eigenvalue weighted by Gasteiger charge is -2.18. The lowest BCUT2D eigenvalue weighted by molar-refractivity contribution is 0.197. The van der Waals surface area contributed by atoms with Gasteiger partial charge < -0.3 is 4.74 Å². The topological polar surface area (TPSA) is 58.3 Å². The predicted molar refractivity (Wildman–Crippen MR) is 74.5 cm³/mol. The van der Waals surface area contributed by atoms with Gasteiger partial charge in [-0.25, -0.2) is 4.98 Å². The van der Waals surface area contributed by atoms with Crippen molar-refractivity contribution in [3.05, 3.63) is 24.0 Å². The molecule has 0 radical (unpaired) electrons. The second-order valence-electron chi connectivity index (χ2n) is 4.03. The fraction of sp³-hybridized carbons (Fsp3) is 0.462. The van der Waals surface area contributed by atoms with Crippen molar-refractivity contribution in [3.8, 4) is 6.07 Å². The van der Waals surface area contributed by atoms with Gasteiger partial charge in [0.15, 0.2) is 5.69 Å². The molecular formula is C13H17N3OS. The van der Waals surface area contributed by atoms with E-state index >= 15 is 0 Å². The molecule has 1 unspecified atom stereocenters. The standard InChI is InChI=1S/C13H17N3OS/c1-17-8-3-5-13-16-7-9-18(13)12-4-2-6-15-11(12)10-14/h2,4,6,18H,3,5,7-9H2,1H3. The van der Waals surface area contributed by atoms with Gasteiger partial charge in [0, 0.05) is 37.1 Å². The van der Waals surface area contributed by atoms with E-state index in [9.17, 15) is 0 Å². The molecule has 1 aromatic rings. The number of pyridine rings is 1. The van der Waals surface area contributed by atoms with E-state index in [2.05, 4.69) is 16.0 Å². The molecule has 0 amide bonds. The van der Waals surface area contributed by atoms with Crippen LogP contribution < -0.4 is 0 Å². The second-order valence-corrected chi connectivity index (χ2v) is 6.33. The van der Waals surface area contributed by atoms with E-state index in [4.69, 9.17) is 10.00 Å². The van der Waals surface area contributed by atoms with Crippen molar-refractivity contribution in [2.75, 3.05) is 26.0 Å². The van der Waals surface area contributed by atoms with Gasteiger partial charge in [-0.2, -0.15) is 16.2 Å². The van der Waals surface area contributed by atoms with E-state index in [1.54, 1.807) is 13.3 Å². The van der Waals surface area contributed by atoms with Crippen molar-refractivity contribution in [3.63, 3.8) is 0 Å². The van der Waals surface area contributed by atoms with E-state index in [1.165, 1.54) is 5.04 Å². The fourth-order valence-corrected chi connectivity index (χ4v) is 4.45. The summed E-state index contributed by atoms with van der Waals surface area (Å²) in [5.74, 6) is 1.05. The maximum absolute atomic E-state index is 9.12. The molecule has 0 aliphatic carbocycles. The first-order valence-electron chi connectivity index (χ1n) is 6.01. The highest BCUT2D eigenvalue weighted by Crippen LogP contribution is 2.43. The van der Waals surface area contributed by atoms with Crippen LogP contribution in [0.25, 0.3) is 0 Å². The monoisotopic (exact) mass is 263 g/mol. The van der Waals surface area contributed by atoms with E-state index < -0.39 is 10.9 Å². The van der Waals surface area contributed by atoms with Crippen molar-refractivity contribution in [2.24, 2.45) is 4.99 Å². The van der Waals surface area contributed by atoms with Crippen molar-refractivity contribution >= 4 is 15.9 Å². The van der Waals surface area contributed by atoms with Crippen LogP contribution in [-0.2, 0) is 4.74 Å². The van der Waals surface area contributed by atoms with Gasteiger partial charge in [-0.05, 0) is 25.0 Å². The Morgan fingerprint density at radius 2 is 2.44 bits per heavy atom. The lowest BCUT2D eigenvalue weighted by atomic mass is 10.3. The normalized spacial score (nSPS) is 20.4. The lowest BCUT2D eigenvalue weighted by Crippen LogP contribution is -2.02. The number of ether oxygens (including phenoxy) is 1. The summed E-state index contributed by atoms with van der Waals surface area (Å²) in [6, 6.07) is 6.11. The highest BCUT2D eigenvalue weighted by atomic mass is 32.2. The summed E-state index contributed by atoms with van der Waals surface area (Å²) in [7, 11) is 1.28. The first-order chi connectivity index (χ1) is 8.86. The molecule has 0 bridgehead atoms. The zero-order valence-corrected chi connectivity index (χ0v) is 11.4. The number of rotatable bonds is 5. The predicted octanol–water partition coefficient (Wildman–Crippen LogP) is 2.15. The molecule has 5 heteroatoms. The Balaban J connectivity index is 2.13. The smallest absolute Gasteiger partial charge is 0.152 e. The maximum atomic E-state index is 9.12. The molecule has 0 saturated carbocycles. The second kappa shape index (κ2) is 6.53. The van der Waals surface area contributed by atoms with E-state index in [0.717, 1.165) is 36.6 Å². The Kier molecular flexibility index (Phi) is 4.73. The van der Waals surface area contributed by atoms with Crippen molar-refractivity contribution in [1.29, 1.82) is 5.26 Å². The average Bonchev–Trinajstić information content (AvgIpc) is 2.87. The third-order valence-electron chi connectivity index (χ3n) is 2.86. The Bertz CT molecular complexity index is 481. The Morgan fingerprint density at radius 1 is 1.56 bits per heavy atom.